The molecule has 0 aliphatic rings. The molecule has 0 bridgehead atoms. The van der Waals surface area contributed by atoms with Crippen LogP contribution in [0.3, 0.4) is 0 Å². The Morgan fingerprint density at radius 1 is 1.12 bits per heavy atom. The number of hydrogen-bond donors (Lipinski definition) is 0. The third-order valence-corrected chi connectivity index (χ3v) is 2.41. The zero-order valence-corrected chi connectivity index (χ0v) is 10.8. The summed E-state index contributed by atoms with van der Waals surface area (Å²) in [7, 11) is 0. The molecule has 1 aromatic carbocycles. The van der Waals surface area contributed by atoms with Crippen molar-refractivity contribution in [1.82, 2.24) is 0 Å². The lowest BCUT2D eigenvalue weighted by Crippen LogP contribution is -2.43. The maximum absolute atomic E-state index is 12.3. The predicted molar refractivity (Wildman–Crippen MR) is 68.5 cm³/mol. The summed E-state index contributed by atoms with van der Waals surface area (Å²) in [6.07, 6.45) is 0. The smallest absolute Gasteiger partial charge is 0.232 e. The van der Waals surface area contributed by atoms with E-state index in [0.717, 1.165) is 5.69 Å². The number of benzene rings is 1. The van der Waals surface area contributed by atoms with Crippen LogP contribution in [0.15, 0.2) is 30.3 Å². The van der Waals surface area contributed by atoms with Crippen LogP contribution in [0, 0.1) is 5.41 Å². The van der Waals surface area contributed by atoms with Gasteiger partial charge >= 0.3 is 0 Å². The second-order valence-electron chi connectivity index (χ2n) is 5.35. The highest BCUT2D eigenvalue weighted by molar-refractivity contribution is 5.97. The number of para-hydroxylation sites is 1. The van der Waals surface area contributed by atoms with Gasteiger partial charge in [-0.05, 0) is 26.0 Å². The quantitative estimate of drug-likeness (QED) is 0.745. The molecule has 88 valence electrons. The highest BCUT2D eigenvalue weighted by atomic mass is 16.2. The van der Waals surface area contributed by atoms with Crippen LogP contribution in [-0.4, -0.2) is 11.9 Å². The normalized spacial score (nSPS) is 11.6. The van der Waals surface area contributed by atoms with E-state index in [0.29, 0.717) is 0 Å². The van der Waals surface area contributed by atoms with Crippen molar-refractivity contribution < 1.29 is 4.79 Å². The van der Waals surface area contributed by atoms with Gasteiger partial charge in [0.05, 0.1) is 0 Å². The van der Waals surface area contributed by atoms with Crippen molar-refractivity contribution in [2.75, 3.05) is 4.90 Å². The van der Waals surface area contributed by atoms with Crippen molar-refractivity contribution in [2.45, 2.75) is 40.7 Å². The Bertz CT molecular complexity index is 349. The first-order chi connectivity index (χ1) is 7.34. The molecular formula is C14H21NO. The van der Waals surface area contributed by atoms with Crippen LogP contribution in [0.4, 0.5) is 5.69 Å². The molecule has 0 aliphatic heterocycles. The van der Waals surface area contributed by atoms with E-state index in [4.69, 9.17) is 0 Å². The molecule has 16 heavy (non-hydrogen) atoms. The number of hydrogen-bond acceptors (Lipinski definition) is 1. The molecule has 0 saturated carbocycles. The number of carbonyl (C=O) groups is 1. The fourth-order valence-corrected chi connectivity index (χ4v) is 1.60. The summed E-state index contributed by atoms with van der Waals surface area (Å²) in [6, 6.07) is 10.0. The van der Waals surface area contributed by atoms with Gasteiger partial charge in [-0.3, -0.25) is 4.79 Å². The molecular weight excluding hydrogens is 198 g/mol. The fourth-order valence-electron chi connectivity index (χ4n) is 1.60. The predicted octanol–water partition coefficient (Wildman–Crippen LogP) is 3.47. The molecule has 0 spiro atoms. The van der Waals surface area contributed by atoms with E-state index >= 15 is 0 Å². The molecule has 0 fully saturated rings. The Kier molecular flexibility index (Phi) is 3.74. The first-order valence-electron chi connectivity index (χ1n) is 5.72. The lowest BCUT2D eigenvalue weighted by atomic mass is 9.93. The van der Waals surface area contributed by atoms with Gasteiger partial charge in [0.1, 0.15) is 0 Å². The van der Waals surface area contributed by atoms with Crippen molar-refractivity contribution in [3.8, 4) is 0 Å². The monoisotopic (exact) mass is 219 g/mol. The minimum Gasteiger partial charge on any atom is -0.309 e. The molecule has 0 N–H and O–H groups in total. The number of nitrogens with zero attached hydrogens (tertiary/aromatic N) is 1. The molecule has 1 amide bonds. The third kappa shape index (κ3) is 2.84. The zero-order chi connectivity index (χ0) is 12.3. The van der Waals surface area contributed by atoms with Crippen LogP contribution in [0.1, 0.15) is 34.6 Å². The highest BCUT2D eigenvalue weighted by Crippen LogP contribution is 2.24. The number of rotatable bonds is 2. The summed E-state index contributed by atoms with van der Waals surface area (Å²) in [5.41, 5.74) is 0.623. The molecule has 0 heterocycles. The molecule has 0 saturated heterocycles. The van der Waals surface area contributed by atoms with Gasteiger partial charge in [-0.2, -0.15) is 0 Å². The molecule has 0 aromatic heterocycles. The second kappa shape index (κ2) is 4.69. The van der Waals surface area contributed by atoms with Crippen molar-refractivity contribution in [2.24, 2.45) is 5.41 Å². The van der Waals surface area contributed by atoms with Crippen LogP contribution < -0.4 is 4.90 Å². The standard InChI is InChI=1S/C14H21NO/c1-11(2)15(13(16)14(3,4)5)12-9-7-6-8-10-12/h6-11H,1-5H3. The van der Waals surface area contributed by atoms with Gasteiger partial charge in [0.15, 0.2) is 0 Å². The second-order valence-corrected chi connectivity index (χ2v) is 5.35. The highest BCUT2D eigenvalue weighted by Gasteiger charge is 2.29. The summed E-state index contributed by atoms with van der Waals surface area (Å²) in [5.74, 6) is 0.161. The van der Waals surface area contributed by atoms with Gasteiger partial charge in [-0.1, -0.05) is 39.0 Å². The minimum absolute atomic E-state index is 0.161. The van der Waals surface area contributed by atoms with Crippen molar-refractivity contribution in [1.29, 1.82) is 0 Å². The van der Waals surface area contributed by atoms with Crippen LogP contribution in [0.25, 0.3) is 0 Å². The largest absolute Gasteiger partial charge is 0.309 e. The topological polar surface area (TPSA) is 20.3 Å². The minimum atomic E-state index is -0.347. The number of carbonyl (C=O) groups excluding carboxylic acids is 1. The van der Waals surface area contributed by atoms with Crippen LogP contribution in [0.2, 0.25) is 0 Å². The molecule has 2 heteroatoms. The van der Waals surface area contributed by atoms with E-state index in [9.17, 15) is 4.79 Å². The van der Waals surface area contributed by atoms with Crippen molar-refractivity contribution in [3.63, 3.8) is 0 Å². The Balaban J connectivity index is 3.07. The van der Waals surface area contributed by atoms with E-state index in [1.54, 1.807) is 0 Å². The van der Waals surface area contributed by atoms with Gasteiger partial charge < -0.3 is 4.90 Å². The first-order valence-corrected chi connectivity index (χ1v) is 5.72. The summed E-state index contributed by atoms with van der Waals surface area (Å²) in [4.78, 5) is 14.2. The molecule has 0 unspecified atom stereocenters. The molecule has 2 nitrogen and oxygen atoms in total. The average Bonchev–Trinajstić information content (AvgIpc) is 2.17. The van der Waals surface area contributed by atoms with Crippen LogP contribution in [-0.2, 0) is 4.79 Å². The van der Waals surface area contributed by atoms with E-state index in [-0.39, 0.29) is 17.4 Å². The van der Waals surface area contributed by atoms with E-state index in [1.165, 1.54) is 0 Å². The Morgan fingerprint density at radius 2 is 1.62 bits per heavy atom. The average molecular weight is 219 g/mol. The van der Waals surface area contributed by atoms with E-state index < -0.39 is 0 Å². The SMILES string of the molecule is CC(C)N(C(=O)C(C)(C)C)c1ccccc1. The zero-order valence-electron chi connectivity index (χ0n) is 10.8. The van der Waals surface area contributed by atoms with Crippen LogP contribution in [0.5, 0.6) is 0 Å². The molecule has 1 rings (SSSR count). The van der Waals surface area contributed by atoms with Crippen LogP contribution >= 0.6 is 0 Å². The van der Waals surface area contributed by atoms with Gasteiger partial charge in [0.2, 0.25) is 5.91 Å². The van der Waals surface area contributed by atoms with Gasteiger partial charge in [0, 0.05) is 17.1 Å². The van der Waals surface area contributed by atoms with Gasteiger partial charge in [-0.25, -0.2) is 0 Å². The first kappa shape index (κ1) is 12.8. The van der Waals surface area contributed by atoms with Gasteiger partial charge in [-0.15, -0.1) is 0 Å². The van der Waals surface area contributed by atoms with Crippen molar-refractivity contribution in [3.05, 3.63) is 30.3 Å². The summed E-state index contributed by atoms with van der Waals surface area (Å²) < 4.78 is 0. The number of anilines is 1. The lowest BCUT2D eigenvalue weighted by molar-refractivity contribution is -0.126. The Labute approximate surface area is 98.3 Å². The van der Waals surface area contributed by atoms with E-state index in [1.807, 2.05) is 69.9 Å². The van der Waals surface area contributed by atoms with Gasteiger partial charge in [0.25, 0.3) is 0 Å². The maximum atomic E-state index is 12.3. The van der Waals surface area contributed by atoms with Crippen molar-refractivity contribution >= 4 is 11.6 Å². The molecule has 0 aliphatic carbocycles. The Hall–Kier alpha value is -1.31. The third-order valence-electron chi connectivity index (χ3n) is 2.41. The molecule has 0 atom stereocenters. The Morgan fingerprint density at radius 3 is 2.00 bits per heavy atom. The number of amides is 1. The maximum Gasteiger partial charge on any atom is 0.232 e. The lowest BCUT2D eigenvalue weighted by Gasteiger charge is -2.32. The summed E-state index contributed by atoms with van der Waals surface area (Å²) in [5, 5.41) is 0. The summed E-state index contributed by atoms with van der Waals surface area (Å²) >= 11 is 0. The van der Waals surface area contributed by atoms with E-state index in [2.05, 4.69) is 0 Å². The fraction of sp³-hybridized carbons (Fsp3) is 0.500. The molecule has 1 aromatic rings. The molecule has 0 radical (unpaired) electrons. The summed E-state index contributed by atoms with van der Waals surface area (Å²) in [6.45, 7) is 9.93.